The molecule has 2 rings (SSSR count). The van der Waals surface area contributed by atoms with E-state index in [0.29, 0.717) is 5.69 Å². The molecule has 0 bridgehead atoms. The van der Waals surface area contributed by atoms with Gasteiger partial charge in [0.1, 0.15) is 11.8 Å². The topological polar surface area (TPSA) is 40.8 Å². The van der Waals surface area contributed by atoms with Gasteiger partial charge in [-0.05, 0) is 43.2 Å². The summed E-state index contributed by atoms with van der Waals surface area (Å²) in [7, 11) is 1.92. The molecule has 0 unspecified atom stereocenters. The van der Waals surface area contributed by atoms with Crippen molar-refractivity contribution in [3.8, 4) is 6.07 Å². The van der Waals surface area contributed by atoms with Crippen LogP contribution in [0.5, 0.6) is 0 Å². The van der Waals surface area contributed by atoms with Crippen LogP contribution in [-0.2, 0) is 13.6 Å². The van der Waals surface area contributed by atoms with Crippen LogP contribution in [0, 0.1) is 25.2 Å². The van der Waals surface area contributed by atoms with E-state index < -0.39 is 0 Å². The van der Waals surface area contributed by atoms with Gasteiger partial charge in [-0.25, -0.2) is 0 Å². The molecule has 0 saturated carbocycles. The molecular formula is C15H16BrN3. The summed E-state index contributed by atoms with van der Waals surface area (Å²) in [5.74, 6) is 0. The summed E-state index contributed by atoms with van der Waals surface area (Å²) in [5.41, 5.74) is 5.28. The van der Waals surface area contributed by atoms with Crippen LogP contribution < -0.4 is 5.32 Å². The molecule has 0 fully saturated rings. The Kier molecular flexibility index (Phi) is 3.96. The molecule has 2 aromatic rings. The lowest BCUT2D eigenvalue weighted by Gasteiger charge is -2.10. The summed E-state index contributed by atoms with van der Waals surface area (Å²) in [6, 6.07) is 10.3. The fourth-order valence-corrected chi connectivity index (χ4v) is 2.38. The number of hydrogen-bond donors (Lipinski definition) is 1. The van der Waals surface area contributed by atoms with Crippen LogP contribution in [0.25, 0.3) is 0 Å². The number of benzene rings is 1. The largest absolute Gasteiger partial charge is 0.381 e. The smallest absolute Gasteiger partial charge is 0.120 e. The molecule has 1 N–H and O–H groups in total. The number of nitrogens with zero attached hydrogens (tertiary/aromatic N) is 2. The van der Waals surface area contributed by atoms with Crippen LogP contribution in [0.2, 0.25) is 0 Å². The lowest BCUT2D eigenvalue weighted by molar-refractivity contribution is 0.856. The second kappa shape index (κ2) is 5.50. The van der Waals surface area contributed by atoms with Gasteiger partial charge in [0.05, 0.1) is 0 Å². The maximum absolute atomic E-state index is 9.02. The van der Waals surface area contributed by atoms with E-state index in [4.69, 9.17) is 5.26 Å². The lowest BCUT2D eigenvalue weighted by Crippen LogP contribution is -2.02. The van der Waals surface area contributed by atoms with Crippen LogP contribution in [0.3, 0.4) is 0 Å². The number of hydrogen-bond acceptors (Lipinski definition) is 2. The highest BCUT2D eigenvalue weighted by molar-refractivity contribution is 9.10. The zero-order chi connectivity index (χ0) is 14.0. The third-order valence-corrected chi connectivity index (χ3v) is 3.92. The zero-order valence-corrected chi connectivity index (χ0v) is 12.9. The highest BCUT2D eigenvalue weighted by Crippen LogP contribution is 2.22. The minimum absolute atomic E-state index is 0.695. The van der Waals surface area contributed by atoms with Crippen LogP contribution >= 0.6 is 15.9 Å². The van der Waals surface area contributed by atoms with Crippen LogP contribution in [-0.4, -0.2) is 4.57 Å². The maximum atomic E-state index is 9.02. The summed E-state index contributed by atoms with van der Waals surface area (Å²) in [5, 5.41) is 12.4. The fourth-order valence-electron chi connectivity index (χ4n) is 2.02. The van der Waals surface area contributed by atoms with Gasteiger partial charge >= 0.3 is 0 Å². The van der Waals surface area contributed by atoms with Crippen LogP contribution in [0.4, 0.5) is 5.69 Å². The Labute approximate surface area is 122 Å². The molecule has 0 spiro atoms. The third-order valence-electron chi connectivity index (χ3n) is 3.42. The molecule has 0 aliphatic heterocycles. The van der Waals surface area contributed by atoms with Crippen molar-refractivity contribution >= 4 is 21.6 Å². The molecule has 0 amide bonds. The van der Waals surface area contributed by atoms with E-state index in [0.717, 1.165) is 28.0 Å². The molecule has 4 heteroatoms. The quantitative estimate of drug-likeness (QED) is 0.933. The van der Waals surface area contributed by atoms with Crippen molar-refractivity contribution in [2.45, 2.75) is 20.4 Å². The van der Waals surface area contributed by atoms with Gasteiger partial charge in [0, 0.05) is 29.4 Å². The highest BCUT2D eigenvalue weighted by atomic mass is 79.9. The van der Waals surface area contributed by atoms with Crippen molar-refractivity contribution in [1.82, 2.24) is 4.57 Å². The van der Waals surface area contributed by atoms with E-state index in [2.05, 4.69) is 46.4 Å². The molecule has 98 valence electrons. The zero-order valence-electron chi connectivity index (χ0n) is 11.3. The molecule has 0 aliphatic carbocycles. The Balaban J connectivity index is 2.19. The number of rotatable bonds is 3. The van der Waals surface area contributed by atoms with Gasteiger partial charge in [-0.1, -0.05) is 22.0 Å². The second-order valence-electron chi connectivity index (χ2n) is 4.62. The molecule has 1 aromatic carbocycles. The Morgan fingerprint density at radius 3 is 2.68 bits per heavy atom. The molecule has 1 heterocycles. The van der Waals surface area contributed by atoms with E-state index in [1.54, 1.807) is 0 Å². The number of anilines is 1. The Hall–Kier alpha value is -1.73. The standard InChI is InChI=1S/C15H16BrN3/c1-10-4-5-13(16)7-15(10)18-9-12-6-14(8-17)19(3)11(12)2/h4-7,18H,9H2,1-3H3. The van der Waals surface area contributed by atoms with E-state index >= 15 is 0 Å². The van der Waals surface area contributed by atoms with Crippen molar-refractivity contribution in [2.75, 3.05) is 5.32 Å². The molecule has 3 nitrogen and oxygen atoms in total. The number of nitrogens with one attached hydrogen (secondary N) is 1. The van der Waals surface area contributed by atoms with E-state index in [1.807, 2.05) is 30.7 Å². The molecule has 0 atom stereocenters. The fraction of sp³-hybridized carbons (Fsp3) is 0.267. The summed E-state index contributed by atoms with van der Waals surface area (Å²) in [6.07, 6.45) is 0. The van der Waals surface area contributed by atoms with Crippen molar-refractivity contribution < 1.29 is 0 Å². The van der Waals surface area contributed by atoms with Gasteiger partial charge in [-0.3, -0.25) is 0 Å². The average molecular weight is 318 g/mol. The lowest BCUT2D eigenvalue weighted by atomic mass is 10.2. The number of aromatic nitrogens is 1. The predicted molar refractivity (Wildman–Crippen MR) is 81.1 cm³/mol. The van der Waals surface area contributed by atoms with Gasteiger partial charge in [0.25, 0.3) is 0 Å². The average Bonchev–Trinajstić information content (AvgIpc) is 2.67. The van der Waals surface area contributed by atoms with Gasteiger partial charge in [-0.15, -0.1) is 0 Å². The summed E-state index contributed by atoms with van der Waals surface area (Å²) in [6.45, 7) is 4.83. The Morgan fingerprint density at radius 1 is 1.32 bits per heavy atom. The number of aryl methyl sites for hydroxylation is 1. The number of nitriles is 1. The van der Waals surface area contributed by atoms with Gasteiger partial charge in [0.15, 0.2) is 0 Å². The minimum atomic E-state index is 0.695. The van der Waals surface area contributed by atoms with Gasteiger partial charge in [0.2, 0.25) is 0 Å². The first kappa shape index (κ1) is 13.7. The first-order valence-electron chi connectivity index (χ1n) is 6.08. The van der Waals surface area contributed by atoms with Crippen LogP contribution in [0.1, 0.15) is 22.5 Å². The van der Waals surface area contributed by atoms with Gasteiger partial charge in [-0.2, -0.15) is 5.26 Å². The summed E-state index contributed by atoms with van der Waals surface area (Å²) < 4.78 is 2.98. The van der Waals surface area contributed by atoms with Crippen molar-refractivity contribution in [1.29, 1.82) is 5.26 Å². The summed E-state index contributed by atoms with van der Waals surface area (Å²) >= 11 is 3.48. The molecule has 19 heavy (non-hydrogen) atoms. The molecule has 0 aliphatic rings. The van der Waals surface area contributed by atoms with Crippen LogP contribution in [0.15, 0.2) is 28.7 Å². The molecule has 0 saturated heterocycles. The summed E-state index contributed by atoms with van der Waals surface area (Å²) in [4.78, 5) is 0. The highest BCUT2D eigenvalue weighted by Gasteiger charge is 2.08. The second-order valence-corrected chi connectivity index (χ2v) is 5.54. The molecular weight excluding hydrogens is 302 g/mol. The third kappa shape index (κ3) is 2.82. The maximum Gasteiger partial charge on any atom is 0.120 e. The van der Waals surface area contributed by atoms with E-state index in [-0.39, 0.29) is 0 Å². The van der Waals surface area contributed by atoms with Crippen molar-refractivity contribution in [3.63, 3.8) is 0 Å². The Bertz CT molecular complexity index is 650. The SMILES string of the molecule is Cc1ccc(Br)cc1NCc1cc(C#N)n(C)c1C. The van der Waals surface area contributed by atoms with Gasteiger partial charge < -0.3 is 9.88 Å². The molecule has 1 aromatic heterocycles. The molecule has 0 radical (unpaired) electrons. The number of halogens is 1. The predicted octanol–water partition coefficient (Wildman–Crippen LogP) is 3.89. The van der Waals surface area contributed by atoms with E-state index in [1.165, 1.54) is 5.56 Å². The van der Waals surface area contributed by atoms with E-state index in [9.17, 15) is 0 Å². The first-order chi connectivity index (χ1) is 9.02. The minimum Gasteiger partial charge on any atom is -0.381 e. The van der Waals surface area contributed by atoms with Crippen molar-refractivity contribution in [3.05, 3.63) is 51.3 Å². The van der Waals surface area contributed by atoms with Crippen molar-refractivity contribution in [2.24, 2.45) is 7.05 Å². The monoisotopic (exact) mass is 317 g/mol. The first-order valence-corrected chi connectivity index (χ1v) is 6.87. The Morgan fingerprint density at radius 2 is 2.05 bits per heavy atom. The normalized spacial score (nSPS) is 10.3.